The molecule has 0 atom stereocenters. The molecular formula is C9H6IN3O2S. The van der Waals surface area contributed by atoms with E-state index >= 15 is 0 Å². The van der Waals surface area contributed by atoms with Gasteiger partial charge < -0.3 is 10.2 Å². The number of phenolic OH excluding ortho intramolecular Hbond substituents is 2. The van der Waals surface area contributed by atoms with E-state index < -0.39 is 0 Å². The van der Waals surface area contributed by atoms with E-state index in [2.05, 4.69) is 15.2 Å². The number of nitrogens with zero attached hydrogens (tertiary/aromatic N) is 3. The van der Waals surface area contributed by atoms with Crippen LogP contribution in [0.3, 0.4) is 0 Å². The summed E-state index contributed by atoms with van der Waals surface area (Å²) in [6.07, 6.45) is 1.64. The molecule has 0 amide bonds. The van der Waals surface area contributed by atoms with Crippen LogP contribution in [0.2, 0.25) is 0 Å². The van der Waals surface area contributed by atoms with E-state index in [9.17, 15) is 10.2 Å². The highest BCUT2D eigenvalue weighted by atomic mass is 127. The van der Waals surface area contributed by atoms with Gasteiger partial charge in [0.05, 0.1) is 0 Å². The van der Waals surface area contributed by atoms with Crippen molar-refractivity contribution in [1.82, 2.24) is 4.98 Å². The van der Waals surface area contributed by atoms with Crippen LogP contribution in [0.4, 0.5) is 10.8 Å². The molecule has 2 N–H and O–H groups in total. The quantitative estimate of drug-likeness (QED) is 0.495. The lowest BCUT2D eigenvalue weighted by Gasteiger charge is -2.00. The average Bonchev–Trinajstić information content (AvgIpc) is 2.74. The minimum Gasteiger partial charge on any atom is -0.504 e. The molecule has 1 aromatic heterocycles. The zero-order valence-corrected chi connectivity index (χ0v) is 10.8. The van der Waals surface area contributed by atoms with E-state index in [1.165, 1.54) is 23.5 Å². The van der Waals surface area contributed by atoms with Crippen LogP contribution in [0.1, 0.15) is 0 Å². The minimum absolute atomic E-state index is 0.169. The number of benzene rings is 1. The van der Waals surface area contributed by atoms with Gasteiger partial charge in [-0.25, -0.2) is 4.98 Å². The molecule has 16 heavy (non-hydrogen) atoms. The summed E-state index contributed by atoms with van der Waals surface area (Å²) < 4.78 is 0.702. The molecule has 2 rings (SSSR count). The van der Waals surface area contributed by atoms with E-state index in [0.717, 1.165) is 0 Å². The van der Waals surface area contributed by atoms with Crippen LogP contribution < -0.4 is 0 Å². The van der Waals surface area contributed by atoms with Gasteiger partial charge in [0.15, 0.2) is 11.5 Å². The highest BCUT2D eigenvalue weighted by Crippen LogP contribution is 2.34. The Hall–Kier alpha value is -1.22. The van der Waals surface area contributed by atoms with Crippen molar-refractivity contribution in [3.8, 4) is 11.5 Å². The maximum Gasteiger partial charge on any atom is 0.229 e. The van der Waals surface area contributed by atoms with Crippen molar-refractivity contribution in [2.24, 2.45) is 10.2 Å². The van der Waals surface area contributed by atoms with Crippen molar-refractivity contribution in [3.63, 3.8) is 0 Å². The standard InChI is InChI=1S/C9H6IN3O2S/c10-5-3-7(14)8(15)4-6(5)12-13-9-11-1-2-16-9/h1-4,14-15H. The third-order valence-electron chi connectivity index (χ3n) is 1.71. The van der Waals surface area contributed by atoms with Crippen LogP contribution in [0, 0.1) is 3.57 Å². The number of thiazole rings is 1. The second kappa shape index (κ2) is 4.74. The first-order valence-electron chi connectivity index (χ1n) is 4.19. The highest BCUT2D eigenvalue weighted by Gasteiger charge is 2.05. The van der Waals surface area contributed by atoms with Crippen molar-refractivity contribution in [1.29, 1.82) is 0 Å². The molecule has 82 valence electrons. The zero-order chi connectivity index (χ0) is 11.5. The Morgan fingerprint density at radius 3 is 2.62 bits per heavy atom. The second-order valence-corrected chi connectivity index (χ2v) is 4.84. The number of azo groups is 1. The van der Waals surface area contributed by atoms with Gasteiger partial charge in [-0.1, -0.05) is 0 Å². The fourth-order valence-electron chi connectivity index (χ4n) is 0.979. The number of aromatic nitrogens is 1. The van der Waals surface area contributed by atoms with Crippen LogP contribution >= 0.6 is 33.9 Å². The first-order chi connectivity index (χ1) is 7.66. The Kier molecular flexibility index (Phi) is 3.34. The Morgan fingerprint density at radius 2 is 1.94 bits per heavy atom. The van der Waals surface area contributed by atoms with Gasteiger partial charge in [-0.2, -0.15) is 0 Å². The number of halogens is 1. The summed E-state index contributed by atoms with van der Waals surface area (Å²) in [4.78, 5) is 3.94. The molecule has 0 radical (unpaired) electrons. The Bertz CT molecular complexity index is 528. The van der Waals surface area contributed by atoms with Gasteiger partial charge >= 0.3 is 0 Å². The minimum atomic E-state index is -0.214. The molecule has 1 heterocycles. The third kappa shape index (κ3) is 2.47. The Balaban J connectivity index is 2.31. The van der Waals surface area contributed by atoms with Crippen molar-refractivity contribution in [2.45, 2.75) is 0 Å². The molecule has 5 nitrogen and oxygen atoms in total. The third-order valence-corrected chi connectivity index (χ3v) is 3.23. The predicted molar refractivity (Wildman–Crippen MR) is 68.8 cm³/mol. The first kappa shape index (κ1) is 11.3. The number of hydrogen-bond acceptors (Lipinski definition) is 6. The van der Waals surface area contributed by atoms with Gasteiger partial charge in [0.1, 0.15) is 5.69 Å². The van der Waals surface area contributed by atoms with Crippen molar-refractivity contribution in [3.05, 3.63) is 27.3 Å². The molecule has 0 aliphatic rings. The smallest absolute Gasteiger partial charge is 0.229 e. The second-order valence-electron chi connectivity index (χ2n) is 2.81. The number of rotatable bonds is 2. The molecule has 0 unspecified atom stereocenters. The van der Waals surface area contributed by atoms with Gasteiger partial charge in [0.2, 0.25) is 5.13 Å². The lowest BCUT2D eigenvalue weighted by atomic mass is 10.3. The molecule has 0 aliphatic carbocycles. The first-order valence-corrected chi connectivity index (χ1v) is 6.15. The van der Waals surface area contributed by atoms with Gasteiger partial charge in [0.25, 0.3) is 0 Å². The molecule has 0 bridgehead atoms. The molecule has 0 saturated carbocycles. The van der Waals surface area contributed by atoms with Crippen LogP contribution in [-0.2, 0) is 0 Å². The number of aromatic hydroxyl groups is 2. The lowest BCUT2D eigenvalue weighted by Crippen LogP contribution is -1.74. The van der Waals surface area contributed by atoms with Crippen LogP contribution in [0.5, 0.6) is 11.5 Å². The van der Waals surface area contributed by atoms with Crippen LogP contribution in [0.25, 0.3) is 0 Å². The van der Waals surface area contributed by atoms with Gasteiger partial charge in [0, 0.05) is 21.2 Å². The average molecular weight is 347 g/mol. The summed E-state index contributed by atoms with van der Waals surface area (Å²) in [5, 5.41) is 28.7. The Labute approximate surface area is 109 Å². The molecule has 0 saturated heterocycles. The molecule has 1 aromatic carbocycles. The molecule has 2 aromatic rings. The van der Waals surface area contributed by atoms with Gasteiger partial charge in [-0.05, 0) is 28.7 Å². The maximum atomic E-state index is 9.31. The van der Waals surface area contributed by atoms with Crippen molar-refractivity contribution < 1.29 is 10.2 Å². The molecular weight excluding hydrogens is 341 g/mol. The van der Waals surface area contributed by atoms with E-state index in [1.54, 1.807) is 11.6 Å². The molecule has 7 heteroatoms. The normalized spacial score (nSPS) is 11.1. The SMILES string of the molecule is Oc1cc(I)c(N=Nc2nccs2)cc1O. The summed E-state index contributed by atoms with van der Waals surface area (Å²) in [5.74, 6) is -0.383. The van der Waals surface area contributed by atoms with Crippen molar-refractivity contribution in [2.75, 3.05) is 0 Å². The summed E-state index contributed by atoms with van der Waals surface area (Å²) in [5.41, 5.74) is 0.492. The topological polar surface area (TPSA) is 78.1 Å². The summed E-state index contributed by atoms with van der Waals surface area (Å²) in [6.45, 7) is 0. The summed E-state index contributed by atoms with van der Waals surface area (Å²) >= 11 is 3.37. The van der Waals surface area contributed by atoms with E-state index in [1.807, 2.05) is 22.6 Å². The fraction of sp³-hybridized carbons (Fsp3) is 0. The monoisotopic (exact) mass is 347 g/mol. The zero-order valence-electron chi connectivity index (χ0n) is 7.83. The lowest BCUT2D eigenvalue weighted by molar-refractivity contribution is 0.403. The largest absolute Gasteiger partial charge is 0.504 e. The van der Waals surface area contributed by atoms with E-state index in [4.69, 9.17) is 0 Å². The fourth-order valence-corrected chi connectivity index (χ4v) is 1.99. The number of hydrogen-bond donors (Lipinski definition) is 2. The predicted octanol–water partition coefficient (Wildman–Crippen LogP) is 3.57. The number of phenols is 2. The molecule has 0 fully saturated rings. The van der Waals surface area contributed by atoms with Crippen LogP contribution in [-0.4, -0.2) is 15.2 Å². The summed E-state index contributed by atoms with van der Waals surface area (Å²) in [7, 11) is 0. The van der Waals surface area contributed by atoms with Crippen molar-refractivity contribution >= 4 is 44.7 Å². The van der Waals surface area contributed by atoms with E-state index in [-0.39, 0.29) is 11.5 Å². The van der Waals surface area contributed by atoms with Crippen LogP contribution in [0.15, 0.2) is 33.9 Å². The maximum absolute atomic E-state index is 9.31. The van der Waals surface area contributed by atoms with Gasteiger partial charge in [-0.3, -0.25) is 0 Å². The highest BCUT2D eigenvalue weighted by molar-refractivity contribution is 14.1. The Morgan fingerprint density at radius 1 is 1.19 bits per heavy atom. The molecule has 0 spiro atoms. The summed E-state index contributed by atoms with van der Waals surface area (Å²) in [6, 6.07) is 2.78. The van der Waals surface area contributed by atoms with E-state index in [0.29, 0.717) is 14.4 Å². The van der Waals surface area contributed by atoms with Gasteiger partial charge in [-0.15, -0.1) is 21.6 Å². The molecule has 0 aliphatic heterocycles.